The first kappa shape index (κ1) is 14.4. The molecule has 0 fully saturated rings. The summed E-state index contributed by atoms with van der Waals surface area (Å²) in [7, 11) is 0. The summed E-state index contributed by atoms with van der Waals surface area (Å²) in [6.07, 6.45) is 10.0. The molecule has 1 aromatic rings. The number of nitrogens with zero attached hydrogens (tertiary/aromatic N) is 1. The van der Waals surface area contributed by atoms with Gasteiger partial charge in [0.2, 0.25) is 0 Å². The van der Waals surface area contributed by atoms with Gasteiger partial charge in [0.05, 0.1) is 5.57 Å². The van der Waals surface area contributed by atoms with E-state index in [0.717, 1.165) is 19.4 Å². The predicted molar refractivity (Wildman–Crippen MR) is 80.4 cm³/mol. The molecule has 0 amide bonds. The lowest BCUT2D eigenvalue weighted by atomic mass is 10.1. The van der Waals surface area contributed by atoms with Crippen LogP contribution in [0, 0.1) is 0 Å². The van der Waals surface area contributed by atoms with E-state index in [1.54, 1.807) is 6.08 Å². The van der Waals surface area contributed by atoms with Gasteiger partial charge in [-0.05, 0) is 43.2 Å². The van der Waals surface area contributed by atoms with E-state index in [0.29, 0.717) is 12.1 Å². The Morgan fingerprint density at radius 3 is 2.70 bits per heavy atom. The van der Waals surface area contributed by atoms with Gasteiger partial charge in [0.1, 0.15) is 0 Å². The van der Waals surface area contributed by atoms with Crippen molar-refractivity contribution in [2.45, 2.75) is 25.7 Å². The van der Waals surface area contributed by atoms with E-state index >= 15 is 0 Å². The number of hydrogen-bond acceptors (Lipinski definition) is 2. The lowest BCUT2D eigenvalue weighted by molar-refractivity contribution is -0.132. The molecule has 0 atom stereocenters. The second kappa shape index (κ2) is 7.53. The zero-order valence-electron chi connectivity index (χ0n) is 11.7. The van der Waals surface area contributed by atoms with Crippen LogP contribution in [0.3, 0.4) is 0 Å². The first-order valence-electron chi connectivity index (χ1n) is 7.14. The molecule has 20 heavy (non-hydrogen) atoms. The highest BCUT2D eigenvalue weighted by molar-refractivity contribution is 5.87. The summed E-state index contributed by atoms with van der Waals surface area (Å²) in [5.41, 5.74) is 1.86. The summed E-state index contributed by atoms with van der Waals surface area (Å²) in [6, 6.07) is 10.5. The van der Waals surface area contributed by atoms with E-state index in [2.05, 4.69) is 29.2 Å². The molecule has 1 aliphatic rings. The monoisotopic (exact) mass is 271 g/mol. The maximum atomic E-state index is 10.9. The third-order valence-electron chi connectivity index (χ3n) is 3.50. The van der Waals surface area contributed by atoms with Gasteiger partial charge in [-0.15, -0.1) is 0 Å². The Morgan fingerprint density at radius 2 is 1.95 bits per heavy atom. The molecule has 0 saturated heterocycles. The van der Waals surface area contributed by atoms with Gasteiger partial charge in [-0.1, -0.05) is 36.8 Å². The van der Waals surface area contributed by atoms with Crippen molar-refractivity contribution in [3.63, 3.8) is 0 Å². The number of rotatable bonds is 7. The number of hydrogen-bond donors (Lipinski definition) is 1. The minimum absolute atomic E-state index is 0.469. The van der Waals surface area contributed by atoms with Gasteiger partial charge in [-0.25, -0.2) is 4.79 Å². The first-order valence-corrected chi connectivity index (χ1v) is 7.14. The SMILES string of the molecule is O=C(O)C1=CC=CN(CCCCCc2ccccc2)C1. The zero-order valence-corrected chi connectivity index (χ0v) is 11.7. The van der Waals surface area contributed by atoms with Gasteiger partial charge < -0.3 is 10.0 Å². The highest BCUT2D eigenvalue weighted by Gasteiger charge is 2.12. The van der Waals surface area contributed by atoms with Crippen molar-refractivity contribution in [2.24, 2.45) is 0 Å². The standard InChI is InChI=1S/C17H21NO2/c19-17(20)16-11-7-13-18(14-16)12-6-2-5-10-15-8-3-1-4-9-15/h1,3-4,7-9,11,13H,2,5-6,10,12,14H2,(H,19,20). The Bertz CT molecular complexity index is 491. The molecule has 0 aliphatic carbocycles. The van der Waals surface area contributed by atoms with Gasteiger partial charge in [0.15, 0.2) is 0 Å². The van der Waals surface area contributed by atoms with E-state index in [-0.39, 0.29) is 0 Å². The van der Waals surface area contributed by atoms with Crippen LogP contribution in [0.25, 0.3) is 0 Å². The van der Waals surface area contributed by atoms with Gasteiger partial charge in [0.25, 0.3) is 0 Å². The topological polar surface area (TPSA) is 40.5 Å². The second-order valence-electron chi connectivity index (χ2n) is 5.11. The van der Waals surface area contributed by atoms with E-state index in [1.807, 2.05) is 18.3 Å². The third kappa shape index (κ3) is 4.57. The minimum Gasteiger partial charge on any atom is -0.478 e. The van der Waals surface area contributed by atoms with Crippen molar-refractivity contribution in [2.75, 3.05) is 13.1 Å². The van der Waals surface area contributed by atoms with Crippen LogP contribution >= 0.6 is 0 Å². The average molecular weight is 271 g/mol. The molecule has 0 bridgehead atoms. The lowest BCUT2D eigenvalue weighted by Crippen LogP contribution is -2.26. The molecule has 1 N–H and O–H groups in total. The molecule has 0 aromatic heterocycles. The molecule has 0 unspecified atom stereocenters. The Hall–Kier alpha value is -2.03. The van der Waals surface area contributed by atoms with Crippen molar-refractivity contribution in [3.05, 3.63) is 59.8 Å². The third-order valence-corrected chi connectivity index (χ3v) is 3.50. The van der Waals surface area contributed by atoms with Gasteiger partial charge in [0, 0.05) is 13.1 Å². The number of benzene rings is 1. The fraction of sp³-hybridized carbons (Fsp3) is 0.353. The van der Waals surface area contributed by atoms with Crippen molar-refractivity contribution >= 4 is 5.97 Å². The second-order valence-corrected chi connectivity index (χ2v) is 5.11. The minimum atomic E-state index is -0.816. The maximum Gasteiger partial charge on any atom is 0.333 e. The van der Waals surface area contributed by atoms with Crippen LogP contribution in [0.15, 0.2) is 54.3 Å². The van der Waals surface area contributed by atoms with E-state index < -0.39 is 5.97 Å². The van der Waals surface area contributed by atoms with Crippen LogP contribution in [0.1, 0.15) is 24.8 Å². The number of carbonyl (C=O) groups is 1. The zero-order chi connectivity index (χ0) is 14.2. The normalized spacial score (nSPS) is 14.2. The van der Waals surface area contributed by atoms with Crippen LogP contribution in [0.2, 0.25) is 0 Å². The van der Waals surface area contributed by atoms with E-state index in [9.17, 15) is 4.79 Å². The quantitative estimate of drug-likeness (QED) is 0.774. The predicted octanol–water partition coefficient (Wildman–Crippen LogP) is 3.24. The highest BCUT2D eigenvalue weighted by atomic mass is 16.4. The number of allylic oxidation sites excluding steroid dienone is 2. The van der Waals surface area contributed by atoms with Gasteiger partial charge in [-0.3, -0.25) is 0 Å². The lowest BCUT2D eigenvalue weighted by Gasteiger charge is -2.22. The summed E-state index contributed by atoms with van der Waals surface area (Å²) in [6.45, 7) is 1.44. The number of unbranched alkanes of at least 4 members (excludes halogenated alkanes) is 2. The molecule has 0 saturated carbocycles. The molecule has 1 aromatic carbocycles. The van der Waals surface area contributed by atoms with Crippen LogP contribution < -0.4 is 0 Å². The number of carboxylic acids is 1. The van der Waals surface area contributed by atoms with Crippen LogP contribution in [0.5, 0.6) is 0 Å². The fourth-order valence-corrected chi connectivity index (χ4v) is 2.36. The maximum absolute atomic E-state index is 10.9. The van der Waals surface area contributed by atoms with E-state index in [4.69, 9.17) is 5.11 Å². The molecule has 0 radical (unpaired) electrons. The molecular formula is C17H21NO2. The molecule has 3 nitrogen and oxygen atoms in total. The van der Waals surface area contributed by atoms with Crippen LogP contribution in [-0.2, 0) is 11.2 Å². The summed E-state index contributed by atoms with van der Waals surface area (Å²) >= 11 is 0. The summed E-state index contributed by atoms with van der Waals surface area (Å²) in [5, 5.41) is 8.96. The smallest absolute Gasteiger partial charge is 0.333 e. The average Bonchev–Trinajstić information content (AvgIpc) is 2.48. The molecule has 1 aliphatic heterocycles. The van der Waals surface area contributed by atoms with Crippen LogP contribution in [-0.4, -0.2) is 29.1 Å². The van der Waals surface area contributed by atoms with E-state index in [1.165, 1.54) is 18.4 Å². The summed E-state index contributed by atoms with van der Waals surface area (Å²) < 4.78 is 0. The largest absolute Gasteiger partial charge is 0.478 e. The summed E-state index contributed by atoms with van der Waals surface area (Å²) in [5.74, 6) is -0.816. The molecule has 0 spiro atoms. The van der Waals surface area contributed by atoms with Crippen molar-refractivity contribution < 1.29 is 9.90 Å². The van der Waals surface area contributed by atoms with Crippen LogP contribution in [0.4, 0.5) is 0 Å². The Balaban J connectivity index is 1.61. The number of carboxylic acid groups (broad SMARTS) is 1. The molecule has 106 valence electrons. The number of aryl methyl sites for hydroxylation is 1. The Kier molecular flexibility index (Phi) is 5.42. The van der Waals surface area contributed by atoms with Gasteiger partial charge >= 0.3 is 5.97 Å². The molecular weight excluding hydrogens is 250 g/mol. The van der Waals surface area contributed by atoms with Crippen molar-refractivity contribution in [1.29, 1.82) is 0 Å². The summed E-state index contributed by atoms with van der Waals surface area (Å²) in [4.78, 5) is 13.0. The molecule has 2 rings (SSSR count). The fourth-order valence-electron chi connectivity index (χ4n) is 2.36. The molecule has 3 heteroatoms. The van der Waals surface area contributed by atoms with Crippen molar-refractivity contribution in [1.82, 2.24) is 4.90 Å². The van der Waals surface area contributed by atoms with Gasteiger partial charge in [-0.2, -0.15) is 0 Å². The number of aliphatic carboxylic acids is 1. The Labute approximate surface area is 120 Å². The Morgan fingerprint density at radius 1 is 1.15 bits per heavy atom. The van der Waals surface area contributed by atoms with Crippen molar-refractivity contribution in [3.8, 4) is 0 Å². The molecule has 1 heterocycles. The highest BCUT2D eigenvalue weighted by Crippen LogP contribution is 2.11. The first-order chi connectivity index (χ1) is 9.75.